The summed E-state index contributed by atoms with van der Waals surface area (Å²) in [6, 6.07) is 0. The number of aliphatic hydroxyl groups excluding tert-OH is 1. The van der Waals surface area contributed by atoms with Crippen LogP contribution in [0.1, 0.15) is 11.3 Å². The molecule has 6 nitrogen and oxygen atoms in total. The van der Waals surface area contributed by atoms with Crippen LogP contribution in [0, 0.1) is 6.92 Å². The highest BCUT2D eigenvalue weighted by molar-refractivity contribution is 5.48. The maximum Gasteiger partial charge on any atom is 0.254 e. The molecule has 0 spiro atoms. The molecule has 2 rings (SSSR count). The molecular formula is C7H9N5O. The summed E-state index contributed by atoms with van der Waals surface area (Å²) in [7, 11) is 0. The van der Waals surface area contributed by atoms with E-state index in [9.17, 15) is 0 Å². The highest BCUT2D eigenvalue weighted by atomic mass is 16.3. The van der Waals surface area contributed by atoms with E-state index in [2.05, 4.69) is 15.1 Å². The zero-order valence-corrected chi connectivity index (χ0v) is 7.10. The fraction of sp³-hybridized carbons (Fsp3) is 0.286. The Morgan fingerprint density at radius 1 is 1.62 bits per heavy atom. The quantitative estimate of drug-likeness (QED) is 0.616. The van der Waals surface area contributed by atoms with Gasteiger partial charge in [-0.1, -0.05) is 0 Å². The standard InChI is InChI=1S/C7H9N5O/c1-4-5(2-13)6(8)12-7(11-4)9-3-10-12/h3,13H,2,8H2,1H3. The Morgan fingerprint density at radius 2 is 2.38 bits per heavy atom. The molecule has 0 bridgehead atoms. The Morgan fingerprint density at radius 3 is 3.08 bits per heavy atom. The molecule has 0 aliphatic heterocycles. The maximum atomic E-state index is 9.01. The number of anilines is 1. The van der Waals surface area contributed by atoms with Crippen LogP contribution in [-0.2, 0) is 6.61 Å². The highest BCUT2D eigenvalue weighted by Gasteiger charge is 2.09. The van der Waals surface area contributed by atoms with Gasteiger partial charge in [-0.15, -0.1) is 0 Å². The Kier molecular flexibility index (Phi) is 1.63. The Balaban J connectivity index is 2.85. The fourth-order valence-corrected chi connectivity index (χ4v) is 1.21. The van der Waals surface area contributed by atoms with Gasteiger partial charge in [0.05, 0.1) is 12.3 Å². The predicted octanol–water partition coefficient (Wildman–Crippen LogP) is -0.493. The lowest BCUT2D eigenvalue weighted by atomic mass is 10.2. The molecule has 2 aromatic heterocycles. The van der Waals surface area contributed by atoms with Gasteiger partial charge in [0, 0.05) is 5.56 Å². The van der Waals surface area contributed by atoms with Crippen LogP contribution in [0.5, 0.6) is 0 Å². The molecule has 13 heavy (non-hydrogen) atoms. The average molecular weight is 179 g/mol. The van der Waals surface area contributed by atoms with Crippen LogP contribution in [-0.4, -0.2) is 24.7 Å². The van der Waals surface area contributed by atoms with E-state index < -0.39 is 0 Å². The number of aliphatic hydroxyl groups is 1. The van der Waals surface area contributed by atoms with Gasteiger partial charge in [-0.25, -0.2) is 4.98 Å². The van der Waals surface area contributed by atoms with Crippen molar-refractivity contribution in [3.05, 3.63) is 17.6 Å². The molecule has 6 heteroatoms. The average Bonchev–Trinajstić information content (AvgIpc) is 2.53. The summed E-state index contributed by atoms with van der Waals surface area (Å²) >= 11 is 0. The van der Waals surface area contributed by atoms with Crippen LogP contribution >= 0.6 is 0 Å². The molecule has 0 unspecified atom stereocenters. The first kappa shape index (κ1) is 7.93. The fourth-order valence-electron chi connectivity index (χ4n) is 1.21. The third kappa shape index (κ3) is 1.03. The number of rotatable bonds is 1. The first-order valence-electron chi connectivity index (χ1n) is 3.79. The summed E-state index contributed by atoms with van der Waals surface area (Å²) in [5.41, 5.74) is 7.01. The number of aryl methyl sites for hydroxylation is 1. The number of hydrogen-bond donors (Lipinski definition) is 2. The molecular weight excluding hydrogens is 170 g/mol. The molecule has 0 aromatic carbocycles. The summed E-state index contributed by atoms with van der Waals surface area (Å²) < 4.78 is 1.40. The third-order valence-corrected chi connectivity index (χ3v) is 1.93. The van der Waals surface area contributed by atoms with Crippen LogP contribution in [0.15, 0.2) is 6.33 Å². The van der Waals surface area contributed by atoms with E-state index in [4.69, 9.17) is 10.8 Å². The van der Waals surface area contributed by atoms with E-state index in [-0.39, 0.29) is 6.61 Å². The molecule has 0 fully saturated rings. The number of hydrogen-bond acceptors (Lipinski definition) is 5. The first-order chi connectivity index (χ1) is 6.24. The monoisotopic (exact) mass is 179 g/mol. The van der Waals surface area contributed by atoms with Crippen LogP contribution in [0.3, 0.4) is 0 Å². The third-order valence-electron chi connectivity index (χ3n) is 1.93. The molecule has 0 radical (unpaired) electrons. The predicted molar refractivity (Wildman–Crippen MR) is 45.9 cm³/mol. The lowest BCUT2D eigenvalue weighted by Crippen LogP contribution is -2.08. The van der Waals surface area contributed by atoms with Crippen LogP contribution in [0.4, 0.5) is 5.82 Å². The second-order valence-electron chi connectivity index (χ2n) is 2.69. The van der Waals surface area contributed by atoms with Crippen molar-refractivity contribution in [2.75, 3.05) is 5.73 Å². The molecule has 2 aromatic rings. The smallest absolute Gasteiger partial charge is 0.254 e. The molecule has 2 heterocycles. The Labute approximate surface area is 74.0 Å². The van der Waals surface area contributed by atoms with Gasteiger partial charge in [-0.2, -0.15) is 14.6 Å². The summed E-state index contributed by atoms with van der Waals surface area (Å²) in [5, 5.41) is 12.9. The first-order valence-corrected chi connectivity index (χ1v) is 3.79. The molecule has 3 N–H and O–H groups in total. The molecule has 0 atom stereocenters. The van der Waals surface area contributed by atoms with Crippen LogP contribution in [0.2, 0.25) is 0 Å². The molecule has 0 saturated carbocycles. The summed E-state index contributed by atoms with van der Waals surface area (Å²) in [4.78, 5) is 8.01. The van der Waals surface area contributed by atoms with E-state index in [1.807, 2.05) is 0 Å². The summed E-state index contributed by atoms with van der Waals surface area (Å²) in [5.74, 6) is 0.842. The number of nitrogens with two attached hydrogens (primary N) is 1. The number of fused-ring (bicyclic) bond motifs is 1. The zero-order chi connectivity index (χ0) is 9.42. The minimum atomic E-state index is -0.138. The SMILES string of the molecule is Cc1nc2ncnn2c(N)c1CO. The molecule has 0 aliphatic rings. The van der Waals surface area contributed by atoms with Gasteiger partial charge in [0.2, 0.25) is 0 Å². The van der Waals surface area contributed by atoms with E-state index in [1.165, 1.54) is 10.8 Å². The number of nitrogen functional groups attached to an aromatic ring is 1. The molecule has 0 saturated heterocycles. The Hall–Kier alpha value is -1.69. The minimum absolute atomic E-state index is 0.138. The summed E-state index contributed by atoms with van der Waals surface area (Å²) in [6.45, 7) is 1.64. The van der Waals surface area contributed by atoms with Crippen molar-refractivity contribution in [2.24, 2.45) is 0 Å². The lowest BCUT2D eigenvalue weighted by Gasteiger charge is -2.06. The van der Waals surface area contributed by atoms with Gasteiger partial charge >= 0.3 is 0 Å². The van der Waals surface area contributed by atoms with Gasteiger partial charge in [-0.05, 0) is 6.92 Å². The zero-order valence-electron chi connectivity index (χ0n) is 7.10. The lowest BCUT2D eigenvalue weighted by molar-refractivity contribution is 0.280. The highest BCUT2D eigenvalue weighted by Crippen LogP contribution is 2.14. The van der Waals surface area contributed by atoms with Crippen molar-refractivity contribution in [1.82, 2.24) is 19.6 Å². The van der Waals surface area contributed by atoms with E-state index in [0.29, 0.717) is 22.9 Å². The normalized spacial score (nSPS) is 10.9. The second-order valence-corrected chi connectivity index (χ2v) is 2.69. The van der Waals surface area contributed by atoms with Crippen molar-refractivity contribution in [1.29, 1.82) is 0 Å². The van der Waals surface area contributed by atoms with Crippen molar-refractivity contribution in [3.8, 4) is 0 Å². The van der Waals surface area contributed by atoms with Gasteiger partial charge in [-0.3, -0.25) is 0 Å². The van der Waals surface area contributed by atoms with Crippen molar-refractivity contribution < 1.29 is 5.11 Å². The minimum Gasteiger partial charge on any atom is -0.391 e. The molecule has 0 amide bonds. The van der Waals surface area contributed by atoms with Gasteiger partial charge in [0.15, 0.2) is 0 Å². The number of aromatic nitrogens is 4. The van der Waals surface area contributed by atoms with Crippen molar-refractivity contribution in [2.45, 2.75) is 13.5 Å². The van der Waals surface area contributed by atoms with Crippen molar-refractivity contribution >= 4 is 11.6 Å². The Bertz CT molecular complexity index is 449. The van der Waals surface area contributed by atoms with E-state index >= 15 is 0 Å². The largest absolute Gasteiger partial charge is 0.391 e. The maximum absolute atomic E-state index is 9.01. The van der Waals surface area contributed by atoms with E-state index in [1.54, 1.807) is 6.92 Å². The molecule has 0 aliphatic carbocycles. The molecule has 68 valence electrons. The summed E-state index contributed by atoms with van der Waals surface area (Å²) in [6.07, 6.45) is 1.37. The van der Waals surface area contributed by atoms with Crippen LogP contribution < -0.4 is 5.73 Å². The second kappa shape index (κ2) is 2.67. The van der Waals surface area contributed by atoms with Gasteiger partial charge in [0.1, 0.15) is 12.1 Å². The van der Waals surface area contributed by atoms with Gasteiger partial charge in [0.25, 0.3) is 5.78 Å². The van der Waals surface area contributed by atoms with E-state index in [0.717, 1.165) is 0 Å². The number of nitrogens with zero attached hydrogens (tertiary/aromatic N) is 4. The van der Waals surface area contributed by atoms with Crippen LogP contribution in [0.25, 0.3) is 5.78 Å². The van der Waals surface area contributed by atoms with Gasteiger partial charge < -0.3 is 10.8 Å². The topological polar surface area (TPSA) is 89.3 Å². The van der Waals surface area contributed by atoms with Crippen molar-refractivity contribution in [3.63, 3.8) is 0 Å².